The molecule has 5 rings (SSSR count). The van der Waals surface area contributed by atoms with Gasteiger partial charge in [0.15, 0.2) is 0 Å². The fourth-order valence-electron chi connectivity index (χ4n) is 5.09. The molecule has 0 spiro atoms. The first-order chi connectivity index (χ1) is 17.9. The van der Waals surface area contributed by atoms with Crippen LogP contribution < -0.4 is 20.3 Å². The van der Waals surface area contributed by atoms with E-state index in [9.17, 15) is 19.5 Å². The number of benzene rings is 3. The quantitative estimate of drug-likeness (QED) is 0.387. The van der Waals surface area contributed by atoms with Crippen molar-refractivity contribution < 1.29 is 24.2 Å². The van der Waals surface area contributed by atoms with Gasteiger partial charge in [0.05, 0.1) is 13.7 Å². The van der Waals surface area contributed by atoms with E-state index in [0.29, 0.717) is 18.6 Å². The van der Waals surface area contributed by atoms with Gasteiger partial charge in [0.2, 0.25) is 11.8 Å². The Morgan fingerprint density at radius 1 is 1.14 bits per heavy atom. The van der Waals surface area contributed by atoms with Crippen LogP contribution in [-0.2, 0) is 22.6 Å². The van der Waals surface area contributed by atoms with Crippen LogP contribution >= 0.6 is 15.9 Å². The summed E-state index contributed by atoms with van der Waals surface area (Å²) in [6.07, 6.45) is 1.34. The third kappa shape index (κ3) is 5.27. The average molecular weight is 566 g/mol. The number of rotatable bonds is 7. The van der Waals surface area contributed by atoms with Crippen molar-refractivity contribution in [3.63, 3.8) is 0 Å². The molecular weight excluding hydrogens is 538 g/mol. The monoisotopic (exact) mass is 565 g/mol. The summed E-state index contributed by atoms with van der Waals surface area (Å²) in [7, 11) is 1.61. The highest BCUT2D eigenvalue weighted by Gasteiger charge is 2.40. The molecule has 2 aliphatic rings. The van der Waals surface area contributed by atoms with Crippen molar-refractivity contribution in [3.05, 3.63) is 70.2 Å². The lowest BCUT2D eigenvalue weighted by Gasteiger charge is -2.28. The minimum atomic E-state index is -1.25. The van der Waals surface area contributed by atoms with E-state index in [4.69, 9.17) is 4.74 Å². The van der Waals surface area contributed by atoms with Crippen molar-refractivity contribution in [2.24, 2.45) is 5.92 Å². The third-order valence-corrected chi connectivity index (χ3v) is 7.60. The summed E-state index contributed by atoms with van der Waals surface area (Å²) < 4.78 is 6.64. The van der Waals surface area contributed by atoms with Crippen molar-refractivity contribution in [1.82, 2.24) is 10.6 Å². The van der Waals surface area contributed by atoms with E-state index in [1.54, 1.807) is 12.0 Å². The van der Waals surface area contributed by atoms with Crippen molar-refractivity contribution in [2.45, 2.75) is 44.3 Å². The van der Waals surface area contributed by atoms with Gasteiger partial charge in [0.25, 0.3) is 0 Å². The molecule has 192 valence electrons. The van der Waals surface area contributed by atoms with Crippen LogP contribution in [0.15, 0.2) is 59.1 Å². The minimum absolute atomic E-state index is 0.0375. The summed E-state index contributed by atoms with van der Waals surface area (Å²) >= 11 is 3.53. The number of methoxy groups -OCH3 is 1. The lowest BCUT2D eigenvalue weighted by atomic mass is 10.0. The maximum Gasteiger partial charge on any atom is 0.405 e. The molecule has 0 saturated heterocycles. The fraction of sp³-hybridized carbons (Fsp3) is 0.321. The molecular formula is C28H28BrN3O5. The molecule has 0 aromatic heterocycles. The predicted octanol–water partition coefficient (Wildman–Crippen LogP) is 4.62. The second-order valence-corrected chi connectivity index (χ2v) is 10.4. The van der Waals surface area contributed by atoms with Crippen LogP contribution in [0.2, 0.25) is 0 Å². The van der Waals surface area contributed by atoms with E-state index in [0.717, 1.165) is 44.9 Å². The highest BCUT2D eigenvalue weighted by Crippen LogP contribution is 2.36. The van der Waals surface area contributed by atoms with Gasteiger partial charge in [-0.05, 0) is 72.2 Å². The van der Waals surface area contributed by atoms with Gasteiger partial charge in [0, 0.05) is 15.7 Å². The molecule has 0 bridgehead atoms. The van der Waals surface area contributed by atoms with E-state index in [2.05, 4.69) is 26.6 Å². The number of carboxylic acid groups (broad SMARTS) is 1. The molecule has 9 heteroatoms. The molecule has 0 unspecified atom stereocenters. The number of amides is 3. The molecule has 2 atom stereocenters. The Morgan fingerprint density at radius 2 is 1.92 bits per heavy atom. The van der Waals surface area contributed by atoms with Gasteiger partial charge in [-0.1, -0.05) is 46.3 Å². The Morgan fingerprint density at radius 3 is 2.65 bits per heavy atom. The highest BCUT2D eigenvalue weighted by atomic mass is 79.9. The SMILES string of the molecule is COc1ccc2cc(Br)ccc2c1CN1C(=O)[C@@H](NC(=O)[C@@H](NC(=O)O)C2CC2)CCc2ccccc21. The summed E-state index contributed by atoms with van der Waals surface area (Å²) in [6.45, 7) is 0.254. The lowest BCUT2D eigenvalue weighted by molar-refractivity contribution is -0.129. The maximum atomic E-state index is 14.0. The number of hydrogen-bond acceptors (Lipinski definition) is 4. The van der Waals surface area contributed by atoms with E-state index >= 15 is 0 Å². The molecule has 37 heavy (non-hydrogen) atoms. The van der Waals surface area contributed by atoms with Crippen molar-refractivity contribution in [3.8, 4) is 5.75 Å². The van der Waals surface area contributed by atoms with Gasteiger partial charge in [-0.25, -0.2) is 4.79 Å². The number of aryl methyl sites for hydroxylation is 1. The van der Waals surface area contributed by atoms with Gasteiger partial charge in [0.1, 0.15) is 17.8 Å². The Balaban J connectivity index is 1.50. The van der Waals surface area contributed by atoms with Gasteiger partial charge in [-0.3, -0.25) is 9.59 Å². The smallest absolute Gasteiger partial charge is 0.405 e. The number of anilines is 1. The van der Waals surface area contributed by atoms with Crippen LogP contribution in [0.4, 0.5) is 10.5 Å². The maximum absolute atomic E-state index is 14.0. The van der Waals surface area contributed by atoms with Crippen molar-refractivity contribution in [2.75, 3.05) is 12.0 Å². The van der Waals surface area contributed by atoms with Crippen LogP contribution in [0.5, 0.6) is 5.75 Å². The Hall–Kier alpha value is -3.59. The third-order valence-electron chi connectivity index (χ3n) is 7.11. The van der Waals surface area contributed by atoms with Gasteiger partial charge in [-0.2, -0.15) is 0 Å². The van der Waals surface area contributed by atoms with E-state index in [1.165, 1.54) is 0 Å². The Bertz CT molecular complexity index is 1370. The molecule has 3 amide bonds. The summed E-state index contributed by atoms with van der Waals surface area (Å²) in [5.74, 6) is -0.0602. The molecule has 0 radical (unpaired) electrons. The highest BCUT2D eigenvalue weighted by molar-refractivity contribution is 9.10. The van der Waals surface area contributed by atoms with Gasteiger partial charge < -0.3 is 25.4 Å². The zero-order valence-electron chi connectivity index (χ0n) is 20.4. The van der Waals surface area contributed by atoms with Crippen molar-refractivity contribution >= 4 is 50.3 Å². The fourth-order valence-corrected chi connectivity index (χ4v) is 5.47. The molecule has 3 N–H and O–H groups in total. The van der Waals surface area contributed by atoms with E-state index in [1.807, 2.05) is 54.6 Å². The zero-order valence-corrected chi connectivity index (χ0v) is 22.0. The largest absolute Gasteiger partial charge is 0.496 e. The number of nitrogens with one attached hydrogen (secondary N) is 2. The van der Waals surface area contributed by atoms with Gasteiger partial charge >= 0.3 is 6.09 Å². The van der Waals surface area contributed by atoms with E-state index in [-0.39, 0.29) is 18.4 Å². The number of hydrogen-bond donors (Lipinski definition) is 3. The zero-order chi connectivity index (χ0) is 26.1. The van der Waals surface area contributed by atoms with Gasteiger partial charge in [-0.15, -0.1) is 0 Å². The minimum Gasteiger partial charge on any atom is -0.496 e. The van der Waals surface area contributed by atoms with Crippen LogP contribution in [0, 0.1) is 5.92 Å². The predicted molar refractivity (Wildman–Crippen MR) is 144 cm³/mol. The van der Waals surface area contributed by atoms with E-state index < -0.39 is 24.1 Å². The first kappa shape index (κ1) is 25.1. The molecule has 1 saturated carbocycles. The number of halogens is 1. The number of carbonyl (C=O) groups excluding carboxylic acids is 2. The molecule has 3 aromatic rings. The number of nitrogens with zero attached hydrogens (tertiary/aromatic N) is 1. The number of fused-ring (bicyclic) bond motifs is 2. The second kappa shape index (κ2) is 10.4. The first-order valence-electron chi connectivity index (χ1n) is 12.3. The summed E-state index contributed by atoms with van der Waals surface area (Å²) in [4.78, 5) is 40.1. The number of para-hydroxylation sites is 1. The standard InChI is InChI=1S/C28H28BrN3O5/c1-37-24-13-9-18-14-19(29)10-11-20(18)21(24)15-32-23-5-3-2-4-16(23)8-12-22(27(32)34)30-26(33)25(17-6-7-17)31-28(35)36/h2-5,9-11,13-14,17,22,25,31H,6-8,12,15H2,1H3,(H,30,33)(H,35,36)/t22-,25-/m0/s1. The molecule has 8 nitrogen and oxygen atoms in total. The van der Waals surface area contributed by atoms with Crippen LogP contribution in [0.1, 0.15) is 30.4 Å². The lowest BCUT2D eigenvalue weighted by Crippen LogP contribution is -2.54. The average Bonchev–Trinajstić information content (AvgIpc) is 3.73. The molecule has 1 heterocycles. The molecule has 3 aromatic carbocycles. The van der Waals surface area contributed by atoms with Crippen LogP contribution in [0.25, 0.3) is 10.8 Å². The summed E-state index contributed by atoms with van der Waals surface area (Å²) in [6, 6.07) is 16.0. The van der Waals surface area contributed by atoms with Crippen LogP contribution in [0.3, 0.4) is 0 Å². The Kier molecular flexibility index (Phi) is 7.06. The number of ether oxygens (including phenoxy) is 1. The topological polar surface area (TPSA) is 108 Å². The molecule has 1 fully saturated rings. The molecule has 1 aliphatic carbocycles. The Labute approximate surface area is 223 Å². The second-order valence-electron chi connectivity index (χ2n) is 9.53. The molecule has 1 aliphatic heterocycles. The first-order valence-corrected chi connectivity index (χ1v) is 13.1. The summed E-state index contributed by atoms with van der Waals surface area (Å²) in [5, 5.41) is 16.4. The van der Waals surface area contributed by atoms with Crippen LogP contribution in [-0.4, -0.2) is 42.2 Å². The van der Waals surface area contributed by atoms with Crippen molar-refractivity contribution in [1.29, 1.82) is 0 Å². The summed E-state index contributed by atoms with van der Waals surface area (Å²) in [5.41, 5.74) is 2.67. The normalized spacial score (nSPS) is 18.1. The number of carbonyl (C=O) groups is 3.